The quantitative estimate of drug-likeness (QED) is 0.410. The third-order valence-corrected chi connectivity index (χ3v) is 5.84. The molecular weight excluding hydrogens is 432 g/mol. The number of benzene rings is 2. The van der Waals surface area contributed by atoms with Crippen LogP contribution in [0.15, 0.2) is 59.6 Å². The van der Waals surface area contributed by atoms with Crippen LogP contribution in [0.25, 0.3) is 0 Å². The molecule has 34 heavy (non-hydrogen) atoms. The molecule has 4 rings (SSSR count). The molecule has 4 amide bonds. The van der Waals surface area contributed by atoms with E-state index >= 15 is 0 Å². The van der Waals surface area contributed by atoms with Crippen LogP contribution in [-0.4, -0.2) is 49.2 Å². The summed E-state index contributed by atoms with van der Waals surface area (Å²) in [6.07, 6.45) is 3.68. The molecule has 2 aromatic rings. The summed E-state index contributed by atoms with van der Waals surface area (Å²) < 4.78 is 5.23. The summed E-state index contributed by atoms with van der Waals surface area (Å²) in [5.41, 5.74) is 1.89. The molecule has 2 N–H and O–H groups in total. The van der Waals surface area contributed by atoms with Crippen molar-refractivity contribution >= 4 is 23.6 Å². The fourth-order valence-electron chi connectivity index (χ4n) is 4.08. The van der Waals surface area contributed by atoms with Crippen LogP contribution >= 0.6 is 0 Å². The number of rotatable bonds is 5. The Bertz CT molecular complexity index is 1280. The molecule has 172 valence electrons. The van der Waals surface area contributed by atoms with Gasteiger partial charge in [-0.25, -0.2) is 4.79 Å². The number of carbonyl (C=O) groups is 3. The lowest BCUT2D eigenvalue weighted by molar-refractivity contribution is -0.124. The highest BCUT2D eigenvalue weighted by Crippen LogP contribution is 2.32. The van der Waals surface area contributed by atoms with E-state index in [4.69, 9.17) is 4.74 Å². The molecule has 0 spiro atoms. The SMILES string of the molecule is C/C=C\C(C#Cc1ccc([C@@]2(CN3Cc4ccc(OC)cc4C3=O)NC(=O)NC2=O)cc1)=N/C. The highest BCUT2D eigenvalue weighted by molar-refractivity contribution is 6.09. The second-order valence-corrected chi connectivity index (χ2v) is 7.93. The molecule has 2 aromatic carbocycles. The molecule has 0 aliphatic carbocycles. The Morgan fingerprint density at radius 2 is 1.97 bits per heavy atom. The maximum atomic E-state index is 13.1. The monoisotopic (exact) mass is 456 g/mol. The average Bonchev–Trinajstić information content (AvgIpc) is 3.31. The highest BCUT2D eigenvalue weighted by atomic mass is 16.5. The van der Waals surface area contributed by atoms with Crippen molar-refractivity contribution in [3.8, 4) is 17.6 Å². The number of aliphatic imine (C=N–C) groups is 1. The summed E-state index contributed by atoms with van der Waals surface area (Å²) in [4.78, 5) is 43.9. The van der Waals surface area contributed by atoms with E-state index in [1.807, 2.05) is 25.1 Å². The Morgan fingerprint density at radius 1 is 1.21 bits per heavy atom. The van der Waals surface area contributed by atoms with Gasteiger partial charge >= 0.3 is 6.03 Å². The van der Waals surface area contributed by atoms with E-state index in [1.165, 1.54) is 7.11 Å². The zero-order valence-electron chi connectivity index (χ0n) is 19.1. The van der Waals surface area contributed by atoms with Gasteiger partial charge in [-0.15, -0.1) is 0 Å². The Morgan fingerprint density at radius 3 is 2.59 bits per heavy atom. The van der Waals surface area contributed by atoms with Crippen molar-refractivity contribution in [3.63, 3.8) is 0 Å². The molecule has 1 atom stereocenters. The van der Waals surface area contributed by atoms with E-state index < -0.39 is 17.5 Å². The standard InChI is InChI=1S/C26H24N4O4/c1-4-5-20(27-2)12-8-17-6-10-19(11-7-17)26(24(32)28-25(33)29-26)16-30-15-18-9-13-21(34-3)14-22(18)23(30)31/h4-7,9-11,13-14H,15-16H2,1-3H3,(H2,28,29,32,33)/b5-4-,27-20+/t26-/m1/s1. The number of imide groups is 1. The van der Waals surface area contributed by atoms with Crippen LogP contribution in [0, 0.1) is 11.8 Å². The Kier molecular flexibility index (Phi) is 6.19. The Hall–Kier alpha value is -4.38. The first-order valence-electron chi connectivity index (χ1n) is 10.7. The number of urea groups is 1. The third-order valence-electron chi connectivity index (χ3n) is 5.84. The first-order chi connectivity index (χ1) is 16.4. The van der Waals surface area contributed by atoms with E-state index in [1.54, 1.807) is 48.3 Å². The van der Waals surface area contributed by atoms with Crippen molar-refractivity contribution in [3.05, 3.63) is 76.9 Å². The smallest absolute Gasteiger partial charge is 0.322 e. The number of nitrogens with one attached hydrogen (secondary N) is 2. The van der Waals surface area contributed by atoms with Crippen LogP contribution in [0.4, 0.5) is 4.79 Å². The lowest BCUT2D eigenvalue weighted by Crippen LogP contribution is -2.52. The zero-order chi connectivity index (χ0) is 24.3. The van der Waals surface area contributed by atoms with Crippen molar-refractivity contribution in [2.45, 2.75) is 19.0 Å². The number of fused-ring (bicyclic) bond motifs is 1. The molecule has 0 aromatic heterocycles. The van der Waals surface area contributed by atoms with E-state index in [0.717, 1.165) is 11.1 Å². The summed E-state index contributed by atoms with van der Waals surface area (Å²) in [6, 6.07) is 11.7. The van der Waals surface area contributed by atoms with E-state index in [-0.39, 0.29) is 12.5 Å². The molecule has 0 radical (unpaired) electrons. The van der Waals surface area contributed by atoms with Gasteiger partial charge in [0.2, 0.25) is 0 Å². The summed E-state index contributed by atoms with van der Waals surface area (Å²) in [7, 11) is 3.21. The molecule has 8 heteroatoms. The lowest BCUT2D eigenvalue weighted by atomic mass is 9.88. The number of nitrogens with zero attached hydrogens (tertiary/aromatic N) is 2. The van der Waals surface area contributed by atoms with Gasteiger partial charge in [0.25, 0.3) is 11.8 Å². The maximum absolute atomic E-state index is 13.1. The molecule has 0 bridgehead atoms. The zero-order valence-corrected chi connectivity index (χ0v) is 19.1. The van der Waals surface area contributed by atoms with Crippen LogP contribution < -0.4 is 15.4 Å². The van der Waals surface area contributed by atoms with Gasteiger partial charge in [0.05, 0.1) is 13.7 Å². The lowest BCUT2D eigenvalue weighted by Gasteiger charge is -2.31. The predicted octanol–water partition coefficient (Wildman–Crippen LogP) is 2.38. The van der Waals surface area contributed by atoms with Gasteiger partial charge in [0, 0.05) is 24.7 Å². The van der Waals surface area contributed by atoms with Gasteiger partial charge in [-0.05, 0) is 54.3 Å². The minimum atomic E-state index is -1.41. The number of ether oxygens (including phenoxy) is 1. The fraction of sp³-hybridized carbons (Fsp3) is 0.231. The van der Waals surface area contributed by atoms with Crippen LogP contribution in [0.1, 0.15) is 34.0 Å². The van der Waals surface area contributed by atoms with Crippen LogP contribution in [0.2, 0.25) is 0 Å². The minimum absolute atomic E-state index is 0.0145. The average molecular weight is 457 g/mol. The number of hydrogen-bond donors (Lipinski definition) is 2. The van der Waals surface area contributed by atoms with Crippen LogP contribution in [0.5, 0.6) is 5.75 Å². The number of amides is 4. The Balaban J connectivity index is 1.63. The number of allylic oxidation sites excluding steroid dienone is 2. The van der Waals surface area contributed by atoms with Crippen LogP contribution in [0.3, 0.4) is 0 Å². The van der Waals surface area contributed by atoms with Gasteiger partial charge in [-0.3, -0.25) is 19.9 Å². The molecular formula is C26H24N4O4. The molecule has 1 saturated heterocycles. The Labute approximate surface area is 197 Å². The van der Waals surface area contributed by atoms with Crippen molar-refractivity contribution in [2.24, 2.45) is 4.99 Å². The normalized spacial score (nSPS) is 19.6. The molecule has 2 heterocycles. The molecule has 8 nitrogen and oxygen atoms in total. The molecule has 0 unspecified atom stereocenters. The second kappa shape index (κ2) is 9.24. The molecule has 0 saturated carbocycles. The number of hydrogen-bond acceptors (Lipinski definition) is 5. The largest absolute Gasteiger partial charge is 0.497 e. The van der Waals surface area contributed by atoms with Crippen molar-refractivity contribution in [1.29, 1.82) is 0 Å². The molecule has 2 aliphatic heterocycles. The maximum Gasteiger partial charge on any atom is 0.322 e. The van der Waals surface area contributed by atoms with E-state index in [2.05, 4.69) is 27.5 Å². The molecule has 2 aliphatic rings. The first-order valence-corrected chi connectivity index (χ1v) is 10.7. The van der Waals surface area contributed by atoms with Gasteiger partial charge in [0.15, 0.2) is 5.54 Å². The summed E-state index contributed by atoms with van der Waals surface area (Å²) in [5, 5.41) is 5.06. The van der Waals surface area contributed by atoms with Crippen molar-refractivity contribution in [2.75, 3.05) is 20.7 Å². The first kappa shape index (κ1) is 22.8. The molecule has 1 fully saturated rings. The van der Waals surface area contributed by atoms with E-state index in [9.17, 15) is 14.4 Å². The number of methoxy groups -OCH3 is 1. The topological polar surface area (TPSA) is 100 Å². The van der Waals surface area contributed by atoms with Gasteiger partial charge in [-0.1, -0.05) is 30.2 Å². The summed E-state index contributed by atoms with van der Waals surface area (Å²) >= 11 is 0. The van der Waals surface area contributed by atoms with Crippen molar-refractivity contribution in [1.82, 2.24) is 15.5 Å². The van der Waals surface area contributed by atoms with Crippen molar-refractivity contribution < 1.29 is 19.1 Å². The van der Waals surface area contributed by atoms with E-state index in [0.29, 0.717) is 29.1 Å². The third kappa shape index (κ3) is 4.16. The second-order valence-electron chi connectivity index (χ2n) is 7.93. The summed E-state index contributed by atoms with van der Waals surface area (Å²) in [6.45, 7) is 2.21. The minimum Gasteiger partial charge on any atom is -0.497 e. The number of carbonyl (C=O) groups excluding carboxylic acids is 3. The predicted molar refractivity (Wildman–Crippen MR) is 128 cm³/mol. The summed E-state index contributed by atoms with van der Waals surface area (Å²) in [5.74, 6) is 5.87. The van der Waals surface area contributed by atoms with Crippen LogP contribution in [-0.2, 0) is 16.9 Å². The van der Waals surface area contributed by atoms with Gasteiger partial charge in [-0.2, -0.15) is 0 Å². The fourth-order valence-corrected chi connectivity index (χ4v) is 4.08. The van der Waals surface area contributed by atoms with Gasteiger partial charge < -0.3 is 15.0 Å². The highest BCUT2D eigenvalue weighted by Gasteiger charge is 2.50. The van der Waals surface area contributed by atoms with Gasteiger partial charge in [0.1, 0.15) is 11.5 Å².